The SMILES string of the molecule is CN(C[C@@]1(c2ccccc2)CC1(C)C)C(=O)c1ccc(N)nc1. The number of hydrogen-bond donors (Lipinski definition) is 1. The molecule has 120 valence electrons. The molecule has 1 heterocycles. The number of pyridine rings is 1. The van der Waals surface area contributed by atoms with Gasteiger partial charge in [0.15, 0.2) is 0 Å². The Kier molecular flexibility index (Phi) is 3.63. The molecule has 1 atom stereocenters. The molecule has 0 spiro atoms. The van der Waals surface area contributed by atoms with Crippen LogP contribution in [-0.4, -0.2) is 29.4 Å². The first-order valence-electron chi connectivity index (χ1n) is 7.88. The van der Waals surface area contributed by atoms with Gasteiger partial charge in [0.05, 0.1) is 5.56 Å². The first kappa shape index (κ1) is 15.5. The van der Waals surface area contributed by atoms with Crippen LogP contribution in [0.4, 0.5) is 5.82 Å². The van der Waals surface area contributed by atoms with Crippen molar-refractivity contribution in [2.75, 3.05) is 19.3 Å². The molecule has 1 aliphatic rings. The van der Waals surface area contributed by atoms with Crippen LogP contribution in [0.15, 0.2) is 48.7 Å². The number of carbonyl (C=O) groups is 1. The predicted molar refractivity (Wildman–Crippen MR) is 92.1 cm³/mol. The van der Waals surface area contributed by atoms with Gasteiger partial charge in [-0.25, -0.2) is 4.98 Å². The van der Waals surface area contributed by atoms with E-state index in [1.54, 1.807) is 23.2 Å². The number of aromatic nitrogens is 1. The number of nitrogens with zero attached hydrogens (tertiary/aromatic N) is 2. The Balaban J connectivity index is 1.82. The summed E-state index contributed by atoms with van der Waals surface area (Å²) in [7, 11) is 1.86. The molecule has 0 saturated heterocycles. The van der Waals surface area contributed by atoms with Crippen molar-refractivity contribution >= 4 is 11.7 Å². The maximum atomic E-state index is 12.6. The summed E-state index contributed by atoms with van der Waals surface area (Å²) in [5, 5.41) is 0. The second kappa shape index (κ2) is 5.37. The van der Waals surface area contributed by atoms with E-state index in [1.165, 1.54) is 5.56 Å². The van der Waals surface area contributed by atoms with Gasteiger partial charge < -0.3 is 10.6 Å². The summed E-state index contributed by atoms with van der Waals surface area (Å²) in [5.74, 6) is 0.406. The summed E-state index contributed by atoms with van der Waals surface area (Å²) < 4.78 is 0. The minimum absolute atomic E-state index is 0.0180. The molecule has 3 rings (SSSR count). The van der Waals surface area contributed by atoms with Crippen molar-refractivity contribution in [1.82, 2.24) is 9.88 Å². The van der Waals surface area contributed by atoms with Crippen LogP contribution in [0.5, 0.6) is 0 Å². The third-order valence-electron chi connectivity index (χ3n) is 5.13. The summed E-state index contributed by atoms with van der Waals surface area (Å²) in [6, 6.07) is 13.9. The van der Waals surface area contributed by atoms with Crippen molar-refractivity contribution in [3.05, 3.63) is 59.8 Å². The van der Waals surface area contributed by atoms with E-state index in [2.05, 4.69) is 43.1 Å². The second-order valence-electron chi connectivity index (χ2n) is 7.14. The Hall–Kier alpha value is -2.36. The monoisotopic (exact) mass is 309 g/mol. The van der Waals surface area contributed by atoms with Crippen molar-refractivity contribution in [1.29, 1.82) is 0 Å². The average molecular weight is 309 g/mol. The first-order chi connectivity index (χ1) is 10.9. The lowest BCUT2D eigenvalue weighted by Gasteiger charge is -2.27. The highest BCUT2D eigenvalue weighted by atomic mass is 16.2. The molecule has 1 aromatic carbocycles. The van der Waals surface area contributed by atoms with Crippen molar-refractivity contribution in [2.24, 2.45) is 5.41 Å². The zero-order valence-electron chi connectivity index (χ0n) is 13.9. The fraction of sp³-hybridized carbons (Fsp3) is 0.368. The van der Waals surface area contributed by atoms with Gasteiger partial charge in [-0.3, -0.25) is 4.79 Å². The zero-order chi connectivity index (χ0) is 16.7. The molecule has 0 aliphatic heterocycles. The quantitative estimate of drug-likeness (QED) is 0.944. The Morgan fingerprint density at radius 3 is 2.39 bits per heavy atom. The first-order valence-corrected chi connectivity index (χ1v) is 7.88. The number of amides is 1. The molecule has 4 heteroatoms. The standard InChI is InChI=1S/C19H23N3O/c1-18(2)12-19(18,15-7-5-4-6-8-15)13-22(3)17(23)14-9-10-16(20)21-11-14/h4-11H,12-13H2,1-3H3,(H2,20,21)/t19-/m1/s1. The number of likely N-dealkylation sites (N-methyl/N-ethyl adjacent to an activating group) is 1. The number of anilines is 1. The maximum absolute atomic E-state index is 12.6. The van der Waals surface area contributed by atoms with E-state index in [1.807, 2.05) is 13.1 Å². The van der Waals surface area contributed by atoms with Crippen LogP contribution in [0, 0.1) is 5.41 Å². The third kappa shape index (κ3) is 2.69. The van der Waals surface area contributed by atoms with Gasteiger partial charge in [0.25, 0.3) is 5.91 Å². The number of carbonyl (C=O) groups excluding carboxylic acids is 1. The summed E-state index contributed by atoms with van der Waals surface area (Å²) >= 11 is 0. The van der Waals surface area contributed by atoms with Crippen LogP contribution < -0.4 is 5.73 Å². The van der Waals surface area contributed by atoms with Gasteiger partial charge in [-0.05, 0) is 29.5 Å². The molecule has 1 amide bonds. The van der Waals surface area contributed by atoms with E-state index in [9.17, 15) is 4.79 Å². The Bertz CT molecular complexity index is 709. The van der Waals surface area contributed by atoms with Crippen LogP contribution in [0.3, 0.4) is 0 Å². The van der Waals surface area contributed by atoms with Crippen LogP contribution in [0.25, 0.3) is 0 Å². The number of nitrogens with two attached hydrogens (primary N) is 1. The summed E-state index contributed by atoms with van der Waals surface area (Å²) in [4.78, 5) is 18.5. The Morgan fingerprint density at radius 2 is 1.87 bits per heavy atom. The van der Waals surface area contributed by atoms with Crippen LogP contribution in [0.1, 0.15) is 36.2 Å². The van der Waals surface area contributed by atoms with E-state index >= 15 is 0 Å². The number of benzene rings is 1. The molecular weight excluding hydrogens is 286 g/mol. The average Bonchev–Trinajstić information content (AvgIpc) is 3.10. The molecule has 0 bridgehead atoms. The minimum Gasteiger partial charge on any atom is -0.384 e. The number of rotatable bonds is 4. The van der Waals surface area contributed by atoms with Gasteiger partial charge in [-0.15, -0.1) is 0 Å². The van der Waals surface area contributed by atoms with E-state index in [0.29, 0.717) is 17.9 Å². The van der Waals surface area contributed by atoms with Crippen LogP contribution in [-0.2, 0) is 5.41 Å². The normalized spacial score (nSPS) is 21.7. The lowest BCUT2D eigenvalue weighted by Crippen LogP contribution is -2.36. The predicted octanol–water partition coefficient (Wildman–Crippen LogP) is 3.10. The summed E-state index contributed by atoms with van der Waals surface area (Å²) in [5.41, 5.74) is 7.69. The minimum atomic E-state index is -0.0180. The molecule has 1 aromatic heterocycles. The van der Waals surface area contributed by atoms with Gasteiger partial charge in [-0.1, -0.05) is 44.2 Å². The van der Waals surface area contributed by atoms with E-state index < -0.39 is 0 Å². The molecule has 2 aromatic rings. The largest absolute Gasteiger partial charge is 0.384 e. The topological polar surface area (TPSA) is 59.2 Å². The number of nitrogen functional groups attached to an aromatic ring is 1. The molecule has 1 saturated carbocycles. The fourth-order valence-corrected chi connectivity index (χ4v) is 3.55. The van der Waals surface area contributed by atoms with Crippen molar-refractivity contribution in [3.8, 4) is 0 Å². The van der Waals surface area contributed by atoms with E-state index in [-0.39, 0.29) is 16.7 Å². The van der Waals surface area contributed by atoms with Crippen molar-refractivity contribution in [3.63, 3.8) is 0 Å². The molecular formula is C19H23N3O. The lowest BCUT2D eigenvalue weighted by molar-refractivity contribution is 0.0774. The molecule has 23 heavy (non-hydrogen) atoms. The second-order valence-corrected chi connectivity index (χ2v) is 7.14. The molecule has 0 unspecified atom stereocenters. The van der Waals surface area contributed by atoms with Gasteiger partial charge in [0, 0.05) is 25.2 Å². The fourth-order valence-electron chi connectivity index (χ4n) is 3.55. The van der Waals surface area contributed by atoms with Gasteiger partial charge in [0.2, 0.25) is 0 Å². The highest BCUT2D eigenvalue weighted by Gasteiger charge is 2.62. The summed E-state index contributed by atoms with van der Waals surface area (Å²) in [6.45, 7) is 5.24. The van der Waals surface area contributed by atoms with Crippen LogP contribution in [0.2, 0.25) is 0 Å². The number of hydrogen-bond acceptors (Lipinski definition) is 3. The molecule has 4 nitrogen and oxygen atoms in total. The van der Waals surface area contributed by atoms with Gasteiger partial charge >= 0.3 is 0 Å². The van der Waals surface area contributed by atoms with Gasteiger partial charge in [0.1, 0.15) is 5.82 Å². The maximum Gasteiger partial charge on any atom is 0.255 e. The molecule has 1 aliphatic carbocycles. The van der Waals surface area contributed by atoms with E-state index in [0.717, 1.165) is 6.42 Å². The Morgan fingerprint density at radius 1 is 1.22 bits per heavy atom. The smallest absolute Gasteiger partial charge is 0.255 e. The van der Waals surface area contributed by atoms with Crippen molar-refractivity contribution < 1.29 is 4.79 Å². The highest BCUT2D eigenvalue weighted by molar-refractivity contribution is 5.94. The van der Waals surface area contributed by atoms with Gasteiger partial charge in [-0.2, -0.15) is 0 Å². The third-order valence-corrected chi connectivity index (χ3v) is 5.13. The lowest BCUT2D eigenvalue weighted by atomic mass is 9.87. The van der Waals surface area contributed by atoms with E-state index in [4.69, 9.17) is 5.73 Å². The molecule has 1 fully saturated rings. The summed E-state index contributed by atoms with van der Waals surface area (Å²) in [6.07, 6.45) is 2.63. The molecule has 2 N–H and O–H groups in total. The Labute approximate surface area is 137 Å². The van der Waals surface area contributed by atoms with Crippen LogP contribution >= 0.6 is 0 Å². The highest BCUT2D eigenvalue weighted by Crippen LogP contribution is 2.64. The van der Waals surface area contributed by atoms with Crippen molar-refractivity contribution in [2.45, 2.75) is 25.7 Å². The molecule has 0 radical (unpaired) electrons. The zero-order valence-corrected chi connectivity index (χ0v) is 13.9.